The topological polar surface area (TPSA) is 70.4 Å². The SMILES string of the molecule is COC(=O)c1cccc(Cn2cc(C(=O)OC(C)(C)C)c(Cl)n2)c1. The van der Waals surface area contributed by atoms with Gasteiger partial charge in [0.25, 0.3) is 0 Å². The number of carbonyl (C=O) groups is 2. The van der Waals surface area contributed by atoms with E-state index in [4.69, 9.17) is 21.1 Å². The molecule has 0 aliphatic rings. The van der Waals surface area contributed by atoms with Crippen molar-refractivity contribution in [3.63, 3.8) is 0 Å². The number of rotatable bonds is 4. The maximum atomic E-state index is 12.1. The van der Waals surface area contributed by atoms with Gasteiger partial charge in [-0.25, -0.2) is 9.59 Å². The Labute approximate surface area is 145 Å². The second-order valence-corrected chi connectivity index (χ2v) is 6.58. The molecule has 128 valence electrons. The van der Waals surface area contributed by atoms with E-state index < -0.39 is 17.5 Å². The van der Waals surface area contributed by atoms with Crippen LogP contribution in [0.4, 0.5) is 0 Å². The molecule has 0 unspecified atom stereocenters. The summed E-state index contributed by atoms with van der Waals surface area (Å²) in [6.45, 7) is 5.69. The minimum Gasteiger partial charge on any atom is -0.465 e. The van der Waals surface area contributed by atoms with Gasteiger partial charge in [-0.15, -0.1) is 0 Å². The molecule has 1 aromatic heterocycles. The van der Waals surface area contributed by atoms with E-state index in [1.165, 1.54) is 18.0 Å². The highest BCUT2D eigenvalue weighted by molar-refractivity contribution is 6.32. The van der Waals surface area contributed by atoms with Gasteiger partial charge in [0, 0.05) is 6.20 Å². The Balaban J connectivity index is 2.19. The molecule has 2 rings (SSSR count). The highest BCUT2D eigenvalue weighted by Crippen LogP contribution is 2.19. The van der Waals surface area contributed by atoms with Crippen LogP contribution in [0.2, 0.25) is 5.15 Å². The Hall–Kier alpha value is -2.34. The zero-order valence-corrected chi connectivity index (χ0v) is 14.8. The lowest BCUT2D eigenvalue weighted by Crippen LogP contribution is -2.23. The van der Waals surface area contributed by atoms with Gasteiger partial charge in [-0.3, -0.25) is 4.68 Å². The van der Waals surface area contributed by atoms with Gasteiger partial charge in [0.2, 0.25) is 0 Å². The molecule has 0 bridgehead atoms. The van der Waals surface area contributed by atoms with Gasteiger partial charge in [-0.1, -0.05) is 23.7 Å². The average molecular weight is 351 g/mol. The molecule has 1 aromatic carbocycles. The highest BCUT2D eigenvalue weighted by Gasteiger charge is 2.22. The summed E-state index contributed by atoms with van der Waals surface area (Å²) in [4.78, 5) is 23.7. The van der Waals surface area contributed by atoms with Crippen LogP contribution in [0.25, 0.3) is 0 Å². The van der Waals surface area contributed by atoms with Crippen LogP contribution in [0.15, 0.2) is 30.5 Å². The molecule has 1 heterocycles. The number of hydrogen-bond donors (Lipinski definition) is 0. The third-order valence-electron chi connectivity index (χ3n) is 3.03. The number of ether oxygens (including phenoxy) is 2. The predicted molar refractivity (Wildman–Crippen MR) is 89.3 cm³/mol. The first kappa shape index (κ1) is 18.0. The van der Waals surface area contributed by atoms with Crippen LogP contribution in [0.5, 0.6) is 0 Å². The van der Waals surface area contributed by atoms with Gasteiger partial charge in [0.1, 0.15) is 11.2 Å². The Kier molecular flexibility index (Phi) is 5.29. The van der Waals surface area contributed by atoms with Crippen molar-refractivity contribution in [2.75, 3.05) is 7.11 Å². The fourth-order valence-electron chi connectivity index (χ4n) is 2.05. The van der Waals surface area contributed by atoms with Gasteiger partial charge in [-0.05, 0) is 38.5 Å². The highest BCUT2D eigenvalue weighted by atomic mass is 35.5. The number of methoxy groups -OCH3 is 1. The van der Waals surface area contributed by atoms with Crippen molar-refractivity contribution in [1.82, 2.24) is 9.78 Å². The lowest BCUT2D eigenvalue weighted by molar-refractivity contribution is 0.00694. The summed E-state index contributed by atoms with van der Waals surface area (Å²) in [6, 6.07) is 6.96. The minimum atomic E-state index is -0.614. The summed E-state index contributed by atoms with van der Waals surface area (Å²) < 4.78 is 11.5. The van der Waals surface area contributed by atoms with E-state index in [0.717, 1.165) is 5.56 Å². The van der Waals surface area contributed by atoms with Gasteiger partial charge in [-0.2, -0.15) is 5.10 Å². The van der Waals surface area contributed by atoms with Crippen LogP contribution in [0.1, 0.15) is 47.1 Å². The molecule has 0 radical (unpaired) electrons. The van der Waals surface area contributed by atoms with E-state index in [2.05, 4.69) is 5.10 Å². The zero-order valence-electron chi connectivity index (χ0n) is 14.0. The van der Waals surface area contributed by atoms with Crippen molar-refractivity contribution >= 4 is 23.5 Å². The monoisotopic (exact) mass is 350 g/mol. The lowest BCUT2D eigenvalue weighted by atomic mass is 10.1. The fourth-order valence-corrected chi connectivity index (χ4v) is 2.27. The maximum Gasteiger partial charge on any atom is 0.343 e. The number of carbonyl (C=O) groups excluding carboxylic acids is 2. The van der Waals surface area contributed by atoms with E-state index >= 15 is 0 Å². The first-order valence-electron chi connectivity index (χ1n) is 7.33. The summed E-state index contributed by atoms with van der Waals surface area (Å²) in [7, 11) is 1.33. The summed E-state index contributed by atoms with van der Waals surface area (Å²) in [5, 5.41) is 4.19. The summed E-state index contributed by atoms with van der Waals surface area (Å²) in [5.41, 5.74) is 0.862. The van der Waals surface area contributed by atoms with Crippen molar-refractivity contribution in [2.45, 2.75) is 32.9 Å². The quantitative estimate of drug-likeness (QED) is 0.791. The molecule has 24 heavy (non-hydrogen) atoms. The molecule has 0 N–H and O–H groups in total. The summed E-state index contributed by atoms with van der Waals surface area (Å²) in [6.07, 6.45) is 1.53. The van der Waals surface area contributed by atoms with Gasteiger partial charge < -0.3 is 9.47 Å². The van der Waals surface area contributed by atoms with Gasteiger partial charge in [0.15, 0.2) is 5.15 Å². The normalized spacial score (nSPS) is 11.2. The molecule has 6 nitrogen and oxygen atoms in total. The van der Waals surface area contributed by atoms with Crippen LogP contribution in [0, 0.1) is 0 Å². The Morgan fingerprint density at radius 1 is 1.25 bits per heavy atom. The number of nitrogens with zero attached hydrogens (tertiary/aromatic N) is 2. The summed E-state index contributed by atoms with van der Waals surface area (Å²) in [5.74, 6) is -0.938. The van der Waals surface area contributed by atoms with Gasteiger partial charge in [0.05, 0.1) is 19.2 Å². The number of esters is 2. The molecule has 0 spiro atoms. The van der Waals surface area contributed by atoms with E-state index in [0.29, 0.717) is 12.1 Å². The molecule has 0 aliphatic heterocycles. The average Bonchev–Trinajstić information content (AvgIpc) is 2.85. The predicted octanol–water partition coefficient (Wildman–Crippen LogP) is 3.33. The van der Waals surface area contributed by atoms with Crippen molar-refractivity contribution in [1.29, 1.82) is 0 Å². The van der Waals surface area contributed by atoms with E-state index in [1.807, 2.05) is 6.07 Å². The summed E-state index contributed by atoms with van der Waals surface area (Å²) >= 11 is 6.03. The Bertz CT molecular complexity index is 762. The molecule has 7 heteroatoms. The van der Waals surface area contributed by atoms with Crippen LogP contribution >= 0.6 is 11.6 Å². The molecule has 2 aromatic rings. The smallest absolute Gasteiger partial charge is 0.343 e. The maximum absolute atomic E-state index is 12.1. The van der Waals surface area contributed by atoms with Crippen molar-refractivity contribution in [3.8, 4) is 0 Å². The zero-order chi connectivity index (χ0) is 17.9. The third-order valence-corrected chi connectivity index (χ3v) is 3.31. The van der Waals surface area contributed by atoms with Crippen LogP contribution in [-0.2, 0) is 16.0 Å². The van der Waals surface area contributed by atoms with Crippen LogP contribution in [0.3, 0.4) is 0 Å². The third kappa shape index (κ3) is 4.58. The molecule has 0 saturated heterocycles. The second-order valence-electron chi connectivity index (χ2n) is 6.23. The first-order valence-corrected chi connectivity index (χ1v) is 7.71. The van der Waals surface area contributed by atoms with E-state index in [-0.39, 0.29) is 10.7 Å². The number of benzene rings is 1. The number of aromatic nitrogens is 2. The minimum absolute atomic E-state index is 0.0772. The fraction of sp³-hybridized carbons (Fsp3) is 0.353. The first-order chi connectivity index (χ1) is 11.2. The van der Waals surface area contributed by atoms with Crippen molar-refractivity contribution in [3.05, 3.63) is 52.3 Å². The van der Waals surface area contributed by atoms with E-state index in [1.54, 1.807) is 39.0 Å². The lowest BCUT2D eigenvalue weighted by Gasteiger charge is -2.18. The molecule has 0 amide bonds. The molecular formula is C17H19ClN2O4. The second kappa shape index (κ2) is 7.05. The van der Waals surface area contributed by atoms with Gasteiger partial charge >= 0.3 is 11.9 Å². The Morgan fingerprint density at radius 2 is 1.96 bits per heavy atom. The van der Waals surface area contributed by atoms with Crippen molar-refractivity contribution < 1.29 is 19.1 Å². The molecule has 0 atom stereocenters. The standard InChI is InChI=1S/C17H19ClN2O4/c1-17(2,3)24-16(22)13-10-20(19-14(13)18)9-11-6-5-7-12(8-11)15(21)23-4/h5-8,10H,9H2,1-4H3. The molecule has 0 fully saturated rings. The molecular weight excluding hydrogens is 332 g/mol. The molecule has 0 aliphatic carbocycles. The van der Waals surface area contributed by atoms with Crippen LogP contribution < -0.4 is 0 Å². The largest absolute Gasteiger partial charge is 0.465 e. The van der Waals surface area contributed by atoms with Crippen LogP contribution in [-0.4, -0.2) is 34.4 Å². The number of halogens is 1. The Morgan fingerprint density at radius 3 is 2.58 bits per heavy atom. The van der Waals surface area contributed by atoms with Crippen molar-refractivity contribution in [2.24, 2.45) is 0 Å². The number of hydrogen-bond acceptors (Lipinski definition) is 5. The molecule has 0 saturated carbocycles. The van der Waals surface area contributed by atoms with E-state index in [9.17, 15) is 9.59 Å².